The molecule has 0 spiro atoms. The number of para-hydroxylation sites is 2. The molecule has 1 aromatic carbocycles. The number of benzene rings is 1. The summed E-state index contributed by atoms with van der Waals surface area (Å²) in [5.41, 5.74) is -0.202. The van der Waals surface area contributed by atoms with Crippen LogP contribution in [0.25, 0.3) is 16.7 Å². The lowest BCUT2D eigenvalue weighted by Crippen LogP contribution is -2.21. The Bertz CT molecular complexity index is 864. The summed E-state index contributed by atoms with van der Waals surface area (Å²) >= 11 is 0. The van der Waals surface area contributed by atoms with Gasteiger partial charge in [0.25, 0.3) is 5.82 Å². The maximum atomic E-state index is 11.9. The van der Waals surface area contributed by atoms with Crippen LogP contribution in [0.1, 0.15) is 10.6 Å². The maximum absolute atomic E-state index is 11.9. The molecule has 3 rings (SSSR count). The van der Waals surface area contributed by atoms with Gasteiger partial charge in [-0.15, -0.1) is 9.83 Å². The molecule has 0 saturated heterocycles. The Hall–Kier alpha value is -2.90. The third kappa shape index (κ3) is 1.46. The van der Waals surface area contributed by atoms with Gasteiger partial charge in [0.1, 0.15) is 5.52 Å². The first kappa shape index (κ1) is 11.2. The van der Waals surface area contributed by atoms with Gasteiger partial charge in [-0.1, -0.05) is 12.1 Å². The zero-order valence-corrected chi connectivity index (χ0v) is 9.77. The second-order valence-electron chi connectivity index (χ2n) is 3.77. The van der Waals surface area contributed by atoms with Gasteiger partial charge in [-0.2, -0.15) is 4.98 Å². The smallest absolute Gasteiger partial charge is 0.377 e. The first-order chi connectivity index (χ1) is 9.13. The van der Waals surface area contributed by atoms with Crippen molar-refractivity contribution in [2.24, 2.45) is 0 Å². The van der Waals surface area contributed by atoms with Crippen LogP contribution in [-0.4, -0.2) is 37.6 Å². The first-order valence-electron chi connectivity index (χ1n) is 5.31. The van der Waals surface area contributed by atoms with E-state index in [1.165, 1.54) is 11.6 Å². The van der Waals surface area contributed by atoms with Gasteiger partial charge in [0.05, 0.1) is 12.6 Å². The van der Waals surface area contributed by atoms with Gasteiger partial charge in [-0.05, 0) is 12.1 Å². The van der Waals surface area contributed by atoms with Gasteiger partial charge < -0.3 is 9.94 Å². The van der Waals surface area contributed by atoms with Gasteiger partial charge >= 0.3 is 11.5 Å². The lowest BCUT2D eigenvalue weighted by Gasteiger charge is -2.03. The van der Waals surface area contributed by atoms with Crippen LogP contribution in [0.5, 0.6) is 0 Å². The summed E-state index contributed by atoms with van der Waals surface area (Å²) in [5, 5.41) is 13.7. The van der Waals surface area contributed by atoms with Crippen molar-refractivity contribution >= 4 is 22.6 Å². The number of nitrogens with zero attached hydrogens (tertiary/aromatic N) is 4. The predicted octanol–water partition coefficient (Wildman–Crippen LogP) is 0.0681. The minimum absolute atomic E-state index is 0.151. The van der Waals surface area contributed by atoms with Crippen molar-refractivity contribution in [1.29, 1.82) is 0 Å². The average Bonchev–Trinajstić information content (AvgIpc) is 2.89. The normalized spacial score (nSPS) is 11.0. The standard InChI is InChI=1S/C11H8N4O4/c1-19-11(17)8-12-9-10(16)15(18)7-5-3-2-4-6(7)14(9)13-8/h2-5,18H,1H3. The molecule has 0 bridgehead atoms. The van der Waals surface area contributed by atoms with Crippen molar-refractivity contribution in [1.82, 2.24) is 19.3 Å². The van der Waals surface area contributed by atoms with Crippen LogP contribution in [0.2, 0.25) is 0 Å². The van der Waals surface area contributed by atoms with Crippen LogP contribution >= 0.6 is 0 Å². The van der Waals surface area contributed by atoms with E-state index in [0.29, 0.717) is 10.2 Å². The molecule has 8 heteroatoms. The molecule has 0 aliphatic carbocycles. The highest BCUT2D eigenvalue weighted by atomic mass is 16.5. The summed E-state index contributed by atoms with van der Waals surface area (Å²) in [6, 6.07) is 6.57. The average molecular weight is 260 g/mol. The van der Waals surface area contributed by atoms with Gasteiger partial charge in [0.2, 0.25) is 5.65 Å². The molecule has 96 valence electrons. The summed E-state index contributed by atoms with van der Waals surface area (Å²) in [5.74, 6) is -0.993. The highest BCUT2D eigenvalue weighted by molar-refractivity contribution is 5.86. The third-order valence-electron chi connectivity index (χ3n) is 2.70. The molecular weight excluding hydrogens is 252 g/mol. The van der Waals surface area contributed by atoms with Crippen molar-refractivity contribution in [2.45, 2.75) is 0 Å². The molecule has 19 heavy (non-hydrogen) atoms. The fourth-order valence-corrected chi connectivity index (χ4v) is 1.82. The van der Waals surface area contributed by atoms with Gasteiger partial charge in [0, 0.05) is 0 Å². The monoisotopic (exact) mass is 260 g/mol. The Balaban J connectivity index is 2.51. The number of hydrogen-bond acceptors (Lipinski definition) is 6. The van der Waals surface area contributed by atoms with Crippen molar-refractivity contribution < 1.29 is 14.7 Å². The summed E-state index contributed by atoms with van der Waals surface area (Å²) in [7, 11) is 1.19. The predicted molar refractivity (Wildman–Crippen MR) is 63.3 cm³/mol. The molecule has 2 aromatic heterocycles. The van der Waals surface area contributed by atoms with Gasteiger partial charge in [0.15, 0.2) is 0 Å². The largest absolute Gasteiger partial charge is 0.463 e. The van der Waals surface area contributed by atoms with E-state index in [1.807, 2.05) is 0 Å². The molecule has 0 amide bonds. The van der Waals surface area contributed by atoms with Crippen molar-refractivity contribution in [3.05, 3.63) is 40.4 Å². The van der Waals surface area contributed by atoms with E-state index in [9.17, 15) is 14.8 Å². The number of carbonyl (C=O) groups excluding carboxylic acids is 1. The topological polar surface area (TPSA) is 98.7 Å². The number of rotatable bonds is 1. The Morgan fingerprint density at radius 1 is 1.32 bits per heavy atom. The van der Waals surface area contributed by atoms with Crippen LogP contribution in [0.4, 0.5) is 0 Å². The number of ether oxygens (including phenoxy) is 1. The Morgan fingerprint density at radius 2 is 2.00 bits per heavy atom. The van der Waals surface area contributed by atoms with Crippen LogP contribution < -0.4 is 5.56 Å². The van der Waals surface area contributed by atoms with Crippen LogP contribution in [0, 0.1) is 0 Å². The summed E-state index contributed by atoms with van der Waals surface area (Å²) in [4.78, 5) is 27.1. The van der Waals surface area contributed by atoms with E-state index in [0.717, 1.165) is 0 Å². The van der Waals surface area contributed by atoms with Gasteiger partial charge in [-0.25, -0.2) is 9.31 Å². The SMILES string of the molecule is COC(=O)c1nc2c(=O)n(O)c3ccccc3n2n1. The van der Waals surface area contributed by atoms with Crippen LogP contribution in [0.15, 0.2) is 29.1 Å². The molecule has 8 nitrogen and oxygen atoms in total. The molecule has 1 N–H and O–H groups in total. The first-order valence-corrected chi connectivity index (χ1v) is 5.31. The van der Waals surface area contributed by atoms with E-state index in [2.05, 4.69) is 14.8 Å². The van der Waals surface area contributed by atoms with Crippen molar-refractivity contribution in [3.8, 4) is 0 Å². The van der Waals surface area contributed by atoms with Crippen LogP contribution in [-0.2, 0) is 4.74 Å². The van der Waals surface area contributed by atoms with Crippen molar-refractivity contribution in [3.63, 3.8) is 0 Å². The number of fused-ring (bicyclic) bond motifs is 3. The van der Waals surface area contributed by atoms with E-state index >= 15 is 0 Å². The van der Waals surface area contributed by atoms with E-state index in [-0.39, 0.29) is 17.0 Å². The molecule has 3 aromatic rings. The Labute approximate surface area is 105 Å². The molecule has 0 radical (unpaired) electrons. The van der Waals surface area contributed by atoms with Gasteiger partial charge in [-0.3, -0.25) is 4.79 Å². The van der Waals surface area contributed by atoms with Crippen LogP contribution in [0.3, 0.4) is 0 Å². The maximum Gasteiger partial charge on any atom is 0.377 e. The number of hydrogen-bond donors (Lipinski definition) is 1. The number of carbonyl (C=O) groups is 1. The highest BCUT2D eigenvalue weighted by Gasteiger charge is 2.18. The highest BCUT2D eigenvalue weighted by Crippen LogP contribution is 2.12. The summed E-state index contributed by atoms with van der Waals surface area (Å²) in [6.45, 7) is 0. The molecule has 0 aliphatic rings. The third-order valence-corrected chi connectivity index (χ3v) is 2.70. The molecular formula is C11H8N4O4. The molecule has 0 atom stereocenters. The Morgan fingerprint density at radius 3 is 2.68 bits per heavy atom. The molecule has 0 unspecified atom stereocenters. The van der Waals surface area contributed by atoms with E-state index in [4.69, 9.17) is 0 Å². The van der Waals surface area contributed by atoms with E-state index in [1.54, 1.807) is 24.3 Å². The Kier molecular flexibility index (Phi) is 2.24. The lowest BCUT2D eigenvalue weighted by molar-refractivity contribution is 0.0587. The quantitative estimate of drug-likeness (QED) is 0.491. The fourth-order valence-electron chi connectivity index (χ4n) is 1.82. The van der Waals surface area contributed by atoms with Crippen molar-refractivity contribution in [2.75, 3.05) is 7.11 Å². The summed E-state index contributed by atoms with van der Waals surface area (Å²) in [6.07, 6.45) is 0. The second kappa shape index (κ2) is 3.80. The number of esters is 1. The molecule has 2 heterocycles. The number of aromatic nitrogens is 4. The van der Waals surface area contributed by atoms with E-state index < -0.39 is 11.5 Å². The molecule has 0 saturated carbocycles. The molecule has 0 fully saturated rings. The second-order valence-corrected chi connectivity index (χ2v) is 3.77. The fraction of sp³-hybridized carbons (Fsp3) is 0.0909. The zero-order valence-electron chi connectivity index (χ0n) is 9.77. The minimum Gasteiger partial charge on any atom is -0.463 e. The zero-order chi connectivity index (χ0) is 13.6. The molecule has 0 aliphatic heterocycles. The minimum atomic E-state index is -0.763. The number of methoxy groups -OCH3 is 1. The lowest BCUT2D eigenvalue weighted by atomic mass is 10.3. The summed E-state index contributed by atoms with van der Waals surface area (Å²) < 4.78 is 6.18.